The zero-order chi connectivity index (χ0) is 31.6. The second-order valence-electron chi connectivity index (χ2n) is 12.2. The van der Waals surface area contributed by atoms with Crippen molar-refractivity contribution in [1.82, 2.24) is 14.5 Å². The van der Waals surface area contributed by atoms with E-state index in [1.165, 1.54) is 52.8 Å². The second-order valence-corrected chi connectivity index (χ2v) is 13.2. The van der Waals surface area contributed by atoms with E-state index in [-0.39, 0.29) is 0 Å². The van der Waals surface area contributed by atoms with Crippen LogP contribution in [-0.2, 0) is 0 Å². The van der Waals surface area contributed by atoms with Gasteiger partial charge in [-0.05, 0) is 40.6 Å². The smallest absolute Gasteiger partial charge is 0.235 e. The van der Waals surface area contributed by atoms with E-state index in [1.54, 1.807) is 0 Å². The molecule has 0 aliphatic heterocycles. The van der Waals surface area contributed by atoms with E-state index in [4.69, 9.17) is 9.97 Å². The minimum Gasteiger partial charge on any atom is -0.277 e. The molecule has 0 fully saturated rings. The summed E-state index contributed by atoms with van der Waals surface area (Å²) in [5.74, 6) is 0.662. The fraction of sp³-hybridized carbons (Fsp3) is 0. The fourth-order valence-corrected chi connectivity index (χ4v) is 8.49. The van der Waals surface area contributed by atoms with Gasteiger partial charge in [0.05, 0.1) is 22.4 Å². The lowest BCUT2D eigenvalue weighted by Gasteiger charge is -2.13. The maximum Gasteiger partial charge on any atom is 0.235 e. The molecule has 4 heteroatoms. The standard InChI is InChI=1S/C44H27N3S/c1-4-14-28(15-5-1)34-26-35-40-32-21-11-10-16-29(32)24-25-38(40)47(42(35)41-33-22-12-13-23-39(33)48-43(34)41)44-45-36(30-17-6-2-7-18-30)27-37(46-44)31-19-8-3-9-20-31/h1-27H. The first kappa shape index (κ1) is 27.1. The van der Waals surface area contributed by atoms with Gasteiger partial charge in [0.2, 0.25) is 5.95 Å². The Morgan fingerprint density at radius 3 is 1.73 bits per heavy atom. The van der Waals surface area contributed by atoms with Crippen LogP contribution in [0.25, 0.3) is 92.3 Å². The normalized spacial score (nSPS) is 11.8. The van der Waals surface area contributed by atoms with Crippen LogP contribution in [0.4, 0.5) is 0 Å². The predicted octanol–water partition coefficient (Wildman–Crippen LogP) is 12.1. The van der Waals surface area contributed by atoms with E-state index in [2.05, 4.69) is 156 Å². The molecule has 10 aromatic rings. The zero-order valence-corrected chi connectivity index (χ0v) is 26.7. The first-order valence-corrected chi connectivity index (χ1v) is 17.0. The van der Waals surface area contributed by atoms with Gasteiger partial charge in [-0.2, -0.15) is 0 Å². The van der Waals surface area contributed by atoms with Crippen LogP contribution in [0.2, 0.25) is 0 Å². The molecule has 224 valence electrons. The molecular weight excluding hydrogens is 603 g/mol. The van der Waals surface area contributed by atoms with Crippen molar-refractivity contribution in [2.75, 3.05) is 0 Å². The second kappa shape index (κ2) is 10.7. The first-order chi connectivity index (χ1) is 23.8. The van der Waals surface area contributed by atoms with Crippen molar-refractivity contribution in [3.8, 4) is 39.6 Å². The van der Waals surface area contributed by atoms with Crippen LogP contribution in [0.3, 0.4) is 0 Å². The van der Waals surface area contributed by atoms with Crippen molar-refractivity contribution < 1.29 is 0 Å². The van der Waals surface area contributed by atoms with Gasteiger partial charge in [0.1, 0.15) is 0 Å². The predicted molar refractivity (Wildman–Crippen MR) is 203 cm³/mol. The SMILES string of the molecule is c1ccc(-c2cc(-c3ccccc3)nc(-n3c4ccc5ccccc5c4c4cc(-c5ccccc5)c5sc6ccccc6c5c43)n2)cc1. The van der Waals surface area contributed by atoms with Gasteiger partial charge in [-0.15, -0.1) is 11.3 Å². The Morgan fingerprint density at radius 2 is 1.04 bits per heavy atom. The summed E-state index contributed by atoms with van der Waals surface area (Å²) in [5, 5.41) is 7.33. The van der Waals surface area contributed by atoms with Crippen LogP contribution in [0.15, 0.2) is 164 Å². The molecule has 0 aliphatic carbocycles. The third-order valence-electron chi connectivity index (χ3n) is 9.40. The van der Waals surface area contributed by atoms with E-state index in [0.717, 1.165) is 33.5 Å². The summed E-state index contributed by atoms with van der Waals surface area (Å²) in [5.41, 5.74) is 8.59. The number of fused-ring (bicyclic) bond motifs is 9. The Balaban J connectivity index is 1.43. The van der Waals surface area contributed by atoms with Gasteiger partial charge < -0.3 is 0 Å². The maximum absolute atomic E-state index is 5.36. The lowest BCUT2D eigenvalue weighted by Crippen LogP contribution is -2.04. The summed E-state index contributed by atoms with van der Waals surface area (Å²) in [6, 6.07) is 58.1. The maximum atomic E-state index is 5.36. The zero-order valence-electron chi connectivity index (χ0n) is 25.8. The third kappa shape index (κ3) is 4.13. The molecule has 0 spiro atoms. The minimum absolute atomic E-state index is 0.662. The number of thiophene rings is 1. The van der Waals surface area contributed by atoms with Crippen LogP contribution in [0.5, 0.6) is 0 Å². The van der Waals surface area contributed by atoms with E-state index >= 15 is 0 Å². The highest BCUT2D eigenvalue weighted by atomic mass is 32.1. The van der Waals surface area contributed by atoms with Gasteiger partial charge in [0.15, 0.2) is 0 Å². The number of benzene rings is 7. The molecule has 3 aromatic heterocycles. The van der Waals surface area contributed by atoms with Crippen molar-refractivity contribution in [3.05, 3.63) is 164 Å². The molecule has 3 nitrogen and oxygen atoms in total. The molecule has 0 amide bonds. The van der Waals surface area contributed by atoms with Crippen molar-refractivity contribution in [1.29, 1.82) is 0 Å². The Bertz CT molecular complexity index is 2760. The molecule has 3 heterocycles. The molecule has 7 aromatic carbocycles. The van der Waals surface area contributed by atoms with Crippen molar-refractivity contribution in [3.63, 3.8) is 0 Å². The Kier molecular flexibility index (Phi) is 6.05. The average Bonchev–Trinajstić information content (AvgIpc) is 3.72. The summed E-state index contributed by atoms with van der Waals surface area (Å²) >= 11 is 1.86. The quantitative estimate of drug-likeness (QED) is 0.194. The lowest BCUT2D eigenvalue weighted by molar-refractivity contribution is 0.998. The first-order valence-electron chi connectivity index (χ1n) is 16.2. The molecule has 0 unspecified atom stereocenters. The summed E-state index contributed by atoms with van der Waals surface area (Å²) in [7, 11) is 0. The van der Waals surface area contributed by atoms with Gasteiger partial charge >= 0.3 is 0 Å². The van der Waals surface area contributed by atoms with Gasteiger partial charge in [-0.1, -0.05) is 140 Å². The Hall–Kier alpha value is -6.10. The summed E-state index contributed by atoms with van der Waals surface area (Å²) < 4.78 is 4.86. The third-order valence-corrected chi connectivity index (χ3v) is 10.6. The van der Waals surface area contributed by atoms with Gasteiger partial charge in [-0.25, -0.2) is 9.97 Å². The molecule has 0 saturated heterocycles. The molecule has 0 atom stereocenters. The summed E-state index contributed by atoms with van der Waals surface area (Å²) in [6.07, 6.45) is 0. The topological polar surface area (TPSA) is 30.7 Å². The summed E-state index contributed by atoms with van der Waals surface area (Å²) in [6.45, 7) is 0. The average molecular weight is 630 g/mol. The van der Waals surface area contributed by atoms with E-state index in [9.17, 15) is 0 Å². The van der Waals surface area contributed by atoms with Crippen LogP contribution in [0, 0.1) is 0 Å². The van der Waals surface area contributed by atoms with Crippen molar-refractivity contribution in [2.24, 2.45) is 0 Å². The Morgan fingerprint density at radius 1 is 0.458 bits per heavy atom. The van der Waals surface area contributed by atoms with Crippen molar-refractivity contribution >= 4 is 64.1 Å². The highest BCUT2D eigenvalue weighted by molar-refractivity contribution is 7.26. The van der Waals surface area contributed by atoms with E-state index in [1.807, 2.05) is 23.5 Å². The molecular formula is C44H27N3S. The molecule has 0 saturated carbocycles. The largest absolute Gasteiger partial charge is 0.277 e. The molecule has 0 radical (unpaired) electrons. The highest BCUT2D eigenvalue weighted by Crippen LogP contribution is 2.48. The summed E-state index contributed by atoms with van der Waals surface area (Å²) in [4.78, 5) is 10.7. The van der Waals surface area contributed by atoms with Crippen LogP contribution in [-0.4, -0.2) is 14.5 Å². The van der Waals surface area contributed by atoms with Crippen LogP contribution in [0.1, 0.15) is 0 Å². The molecule has 10 rings (SSSR count). The number of aromatic nitrogens is 3. The van der Waals surface area contributed by atoms with Crippen molar-refractivity contribution in [2.45, 2.75) is 0 Å². The van der Waals surface area contributed by atoms with Crippen LogP contribution < -0.4 is 0 Å². The molecule has 0 bridgehead atoms. The number of hydrogen-bond donors (Lipinski definition) is 0. The number of hydrogen-bond acceptors (Lipinski definition) is 3. The van der Waals surface area contributed by atoms with Crippen LogP contribution >= 0.6 is 11.3 Å². The van der Waals surface area contributed by atoms with Gasteiger partial charge in [0.25, 0.3) is 0 Å². The Labute approximate surface area is 281 Å². The van der Waals surface area contributed by atoms with Gasteiger partial charge in [0, 0.05) is 47.6 Å². The number of nitrogens with zero attached hydrogens (tertiary/aromatic N) is 3. The molecule has 0 N–H and O–H groups in total. The number of rotatable bonds is 4. The lowest BCUT2D eigenvalue weighted by atomic mass is 9.97. The molecule has 0 aliphatic rings. The fourth-order valence-electron chi connectivity index (χ4n) is 7.24. The highest BCUT2D eigenvalue weighted by Gasteiger charge is 2.24. The van der Waals surface area contributed by atoms with Gasteiger partial charge in [-0.3, -0.25) is 4.57 Å². The van der Waals surface area contributed by atoms with E-state index < -0.39 is 0 Å². The monoisotopic (exact) mass is 629 g/mol. The molecule has 48 heavy (non-hydrogen) atoms. The minimum atomic E-state index is 0.662. The van der Waals surface area contributed by atoms with E-state index in [0.29, 0.717) is 5.95 Å².